The van der Waals surface area contributed by atoms with Crippen molar-refractivity contribution in [2.45, 2.75) is 11.8 Å². The zero-order valence-corrected chi connectivity index (χ0v) is 8.00. The summed E-state index contributed by atoms with van der Waals surface area (Å²) >= 11 is 0. The molecule has 0 aromatic heterocycles. The lowest BCUT2D eigenvalue weighted by Crippen LogP contribution is -2.04. The quantitative estimate of drug-likeness (QED) is 0.714. The first-order chi connectivity index (χ1) is 6.06. The van der Waals surface area contributed by atoms with Crippen molar-refractivity contribution in [2.75, 3.05) is 5.75 Å². The number of aryl methyl sites for hydroxylation is 1. The molecule has 13 heavy (non-hydrogen) atoms. The molecular formula is C9H9NO2S. The molecule has 0 radical (unpaired) electrons. The van der Waals surface area contributed by atoms with E-state index in [2.05, 4.69) is 0 Å². The third-order valence-corrected chi connectivity index (χ3v) is 3.08. The number of nitriles is 1. The van der Waals surface area contributed by atoms with Crippen LogP contribution in [0.5, 0.6) is 0 Å². The van der Waals surface area contributed by atoms with Gasteiger partial charge in [0.25, 0.3) is 0 Å². The van der Waals surface area contributed by atoms with E-state index < -0.39 is 15.6 Å². The Morgan fingerprint density at radius 3 is 2.69 bits per heavy atom. The van der Waals surface area contributed by atoms with Gasteiger partial charge in [-0.1, -0.05) is 12.1 Å². The minimum Gasteiger partial charge on any atom is -0.223 e. The summed E-state index contributed by atoms with van der Waals surface area (Å²) in [5.41, 5.74) is 0.874. The predicted molar refractivity (Wildman–Crippen MR) is 48.8 cm³/mol. The van der Waals surface area contributed by atoms with E-state index >= 15 is 0 Å². The van der Waals surface area contributed by atoms with Crippen LogP contribution in [0.1, 0.15) is 5.56 Å². The number of hydrogen-bond donors (Lipinski definition) is 0. The van der Waals surface area contributed by atoms with Crippen LogP contribution in [0, 0.1) is 18.3 Å². The summed E-state index contributed by atoms with van der Waals surface area (Å²) in [6, 6.07) is 8.18. The van der Waals surface area contributed by atoms with Crippen molar-refractivity contribution in [1.29, 1.82) is 5.26 Å². The molecule has 0 fully saturated rings. The van der Waals surface area contributed by atoms with Crippen LogP contribution in [0.25, 0.3) is 0 Å². The van der Waals surface area contributed by atoms with E-state index in [0.29, 0.717) is 0 Å². The van der Waals surface area contributed by atoms with Gasteiger partial charge in [0.05, 0.1) is 11.0 Å². The summed E-state index contributed by atoms with van der Waals surface area (Å²) < 4.78 is 22.7. The number of benzene rings is 1. The lowest BCUT2D eigenvalue weighted by molar-refractivity contribution is 0.599. The van der Waals surface area contributed by atoms with E-state index in [1.165, 1.54) is 6.07 Å². The number of rotatable bonds is 2. The molecular weight excluding hydrogens is 186 g/mol. The third kappa shape index (κ3) is 2.30. The molecule has 0 spiro atoms. The highest BCUT2D eigenvalue weighted by Crippen LogP contribution is 2.11. The summed E-state index contributed by atoms with van der Waals surface area (Å²) in [5.74, 6) is -0.462. The van der Waals surface area contributed by atoms with Gasteiger partial charge in [-0.2, -0.15) is 5.26 Å². The monoisotopic (exact) mass is 195 g/mol. The second-order valence-corrected chi connectivity index (χ2v) is 4.72. The first kappa shape index (κ1) is 9.75. The fourth-order valence-electron chi connectivity index (χ4n) is 0.977. The molecule has 0 atom stereocenters. The van der Waals surface area contributed by atoms with Crippen LogP contribution in [-0.4, -0.2) is 14.2 Å². The Kier molecular flexibility index (Phi) is 2.69. The van der Waals surface area contributed by atoms with Crippen molar-refractivity contribution in [3.8, 4) is 6.07 Å². The second kappa shape index (κ2) is 3.58. The van der Waals surface area contributed by atoms with Crippen LogP contribution >= 0.6 is 0 Å². The van der Waals surface area contributed by atoms with E-state index in [0.717, 1.165) is 5.56 Å². The lowest BCUT2D eigenvalue weighted by atomic mass is 10.2. The van der Waals surface area contributed by atoms with Crippen molar-refractivity contribution >= 4 is 9.84 Å². The molecule has 4 heteroatoms. The molecule has 0 aliphatic heterocycles. The minimum absolute atomic E-state index is 0.217. The maximum absolute atomic E-state index is 11.4. The Morgan fingerprint density at radius 2 is 2.15 bits per heavy atom. The van der Waals surface area contributed by atoms with E-state index in [1.54, 1.807) is 18.2 Å². The molecule has 0 saturated heterocycles. The van der Waals surface area contributed by atoms with Crippen LogP contribution in [0.4, 0.5) is 0 Å². The van der Waals surface area contributed by atoms with Crippen molar-refractivity contribution in [2.24, 2.45) is 0 Å². The fourth-order valence-corrected chi connectivity index (χ4v) is 1.97. The van der Waals surface area contributed by atoms with E-state index in [1.807, 2.05) is 13.0 Å². The topological polar surface area (TPSA) is 57.9 Å². The Labute approximate surface area is 77.5 Å². The lowest BCUT2D eigenvalue weighted by Gasteiger charge is -1.99. The van der Waals surface area contributed by atoms with E-state index in [-0.39, 0.29) is 4.90 Å². The highest BCUT2D eigenvalue weighted by Gasteiger charge is 2.12. The van der Waals surface area contributed by atoms with E-state index in [9.17, 15) is 8.42 Å². The average molecular weight is 195 g/mol. The number of nitrogens with zero attached hydrogens (tertiary/aromatic N) is 1. The van der Waals surface area contributed by atoms with Gasteiger partial charge < -0.3 is 0 Å². The molecule has 68 valence electrons. The Balaban J connectivity index is 3.17. The maximum atomic E-state index is 11.4. The van der Waals surface area contributed by atoms with Gasteiger partial charge in [0.15, 0.2) is 9.84 Å². The van der Waals surface area contributed by atoms with Gasteiger partial charge in [-0.25, -0.2) is 8.42 Å². The second-order valence-electron chi connectivity index (χ2n) is 2.73. The predicted octanol–water partition coefficient (Wildman–Crippen LogP) is 1.29. The van der Waals surface area contributed by atoms with Gasteiger partial charge in [-0.05, 0) is 24.6 Å². The third-order valence-electron chi connectivity index (χ3n) is 1.60. The molecule has 0 heterocycles. The molecule has 0 aliphatic carbocycles. The molecule has 1 rings (SSSR count). The molecule has 0 bridgehead atoms. The first-order valence-electron chi connectivity index (χ1n) is 3.72. The van der Waals surface area contributed by atoms with Crippen LogP contribution in [-0.2, 0) is 9.84 Å². The largest absolute Gasteiger partial charge is 0.223 e. The standard InChI is InChI=1S/C9H9NO2S/c1-8-3-2-4-9(7-8)13(11,12)6-5-10/h2-4,7H,6H2,1H3. The summed E-state index contributed by atoms with van der Waals surface area (Å²) in [4.78, 5) is 0.217. The summed E-state index contributed by atoms with van der Waals surface area (Å²) in [6.45, 7) is 1.81. The fraction of sp³-hybridized carbons (Fsp3) is 0.222. The minimum atomic E-state index is -3.39. The molecule has 0 saturated carbocycles. The highest BCUT2D eigenvalue weighted by molar-refractivity contribution is 7.91. The molecule has 0 amide bonds. The van der Waals surface area contributed by atoms with Crippen molar-refractivity contribution in [3.05, 3.63) is 29.8 Å². The van der Waals surface area contributed by atoms with Crippen LogP contribution in [0.15, 0.2) is 29.2 Å². The van der Waals surface area contributed by atoms with Crippen molar-refractivity contribution in [3.63, 3.8) is 0 Å². The summed E-state index contributed by atoms with van der Waals surface area (Å²) in [5, 5.41) is 8.30. The molecule has 0 N–H and O–H groups in total. The molecule has 0 unspecified atom stereocenters. The summed E-state index contributed by atoms with van der Waals surface area (Å²) in [7, 11) is -3.39. The Hall–Kier alpha value is -1.34. The maximum Gasteiger partial charge on any atom is 0.191 e. The molecule has 1 aromatic rings. The molecule has 0 aliphatic rings. The van der Waals surface area contributed by atoms with Gasteiger partial charge in [0.2, 0.25) is 0 Å². The molecule has 1 aromatic carbocycles. The average Bonchev–Trinajstić information content (AvgIpc) is 2.04. The van der Waals surface area contributed by atoms with Gasteiger partial charge in [0.1, 0.15) is 5.75 Å². The summed E-state index contributed by atoms with van der Waals surface area (Å²) in [6.07, 6.45) is 0. The number of sulfone groups is 1. The Bertz CT molecular complexity index is 443. The van der Waals surface area contributed by atoms with Gasteiger partial charge >= 0.3 is 0 Å². The van der Waals surface area contributed by atoms with Gasteiger partial charge in [0, 0.05) is 0 Å². The van der Waals surface area contributed by atoms with Gasteiger partial charge in [-0.3, -0.25) is 0 Å². The van der Waals surface area contributed by atoms with Crippen molar-refractivity contribution < 1.29 is 8.42 Å². The zero-order chi connectivity index (χ0) is 9.90. The smallest absolute Gasteiger partial charge is 0.191 e. The normalized spacial score (nSPS) is 10.8. The SMILES string of the molecule is Cc1cccc(S(=O)(=O)CC#N)c1. The zero-order valence-electron chi connectivity index (χ0n) is 7.19. The van der Waals surface area contributed by atoms with Gasteiger partial charge in [-0.15, -0.1) is 0 Å². The first-order valence-corrected chi connectivity index (χ1v) is 5.38. The highest BCUT2D eigenvalue weighted by atomic mass is 32.2. The van der Waals surface area contributed by atoms with Crippen LogP contribution in [0.2, 0.25) is 0 Å². The van der Waals surface area contributed by atoms with Crippen LogP contribution in [0.3, 0.4) is 0 Å². The Morgan fingerprint density at radius 1 is 1.46 bits per heavy atom. The van der Waals surface area contributed by atoms with E-state index in [4.69, 9.17) is 5.26 Å². The van der Waals surface area contributed by atoms with Crippen molar-refractivity contribution in [1.82, 2.24) is 0 Å². The van der Waals surface area contributed by atoms with Crippen LogP contribution < -0.4 is 0 Å². The number of hydrogen-bond acceptors (Lipinski definition) is 3. The molecule has 3 nitrogen and oxygen atoms in total.